The first-order valence-electron chi connectivity index (χ1n) is 10.3. The molecule has 0 aromatic heterocycles. The molecular formula is C25H26N2O4S. The lowest BCUT2D eigenvalue weighted by molar-refractivity contribution is -0.119. The molecule has 3 aromatic rings. The molecule has 0 heterocycles. The molecule has 0 unspecified atom stereocenters. The summed E-state index contributed by atoms with van der Waals surface area (Å²) in [5, 5.41) is 2.75. The molecule has 7 heteroatoms. The van der Waals surface area contributed by atoms with Crippen molar-refractivity contribution < 1.29 is 18.0 Å². The van der Waals surface area contributed by atoms with Crippen LogP contribution in [0.5, 0.6) is 0 Å². The zero-order valence-electron chi connectivity index (χ0n) is 18.1. The van der Waals surface area contributed by atoms with Gasteiger partial charge < -0.3 is 5.32 Å². The van der Waals surface area contributed by atoms with Gasteiger partial charge >= 0.3 is 0 Å². The molecule has 0 aliphatic rings. The highest BCUT2D eigenvalue weighted by molar-refractivity contribution is 7.92. The maximum Gasteiger partial charge on any atom is 0.264 e. The molecule has 3 rings (SSSR count). The zero-order chi connectivity index (χ0) is 23.1. The summed E-state index contributed by atoms with van der Waals surface area (Å²) in [4.78, 5) is 23.8. The van der Waals surface area contributed by atoms with Crippen LogP contribution in [0.25, 0.3) is 0 Å². The second kappa shape index (κ2) is 10.2. The summed E-state index contributed by atoms with van der Waals surface area (Å²) in [7, 11) is -3.96. The number of rotatable bonds is 9. The Balaban J connectivity index is 1.87. The minimum absolute atomic E-state index is 0.122. The molecule has 0 saturated carbocycles. The Morgan fingerprint density at radius 1 is 0.969 bits per heavy atom. The van der Waals surface area contributed by atoms with Crippen molar-refractivity contribution in [2.24, 2.45) is 0 Å². The molecule has 0 saturated heterocycles. The van der Waals surface area contributed by atoms with Crippen LogP contribution in [0.15, 0.2) is 77.7 Å². The van der Waals surface area contributed by atoms with Gasteiger partial charge in [0.15, 0.2) is 0 Å². The number of nitrogens with one attached hydrogen (secondary N) is 1. The fourth-order valence-corrected chi connectivity index (χ4v) is 4.66. The molecule has 166 valence electrons. The summed E-state index contributed by atoms with van der Waals surface area (Å²) in [6.45, 7) is 3.69. The normalized spacial score (nSPS) is 11.1. The summed E-state index contributed by atoms with van der Waals surface area (Å²) in [5.41, 5.74) is 3.61. The number of aryl methyl sites for hydroxylation is 2. The maximum absolute atomic E-state index is 13.4. The molecule has 0 spiro atoms. The summed E-state index contributed by atoms with van der Waals surface area (Å²) < 4.78 is 28.0. The first kappa shape index (κ1) is 23.2. The number of carbonyl (C=O) groups is 2. The van der Waals surface area contributed by atoms with Crippen LogP contribution >= 0.6 is 0 Å². The Morgan fingerprint density at radius 3 is 2.34 bits per heavy atom. The van der Waals surface area contributed by atoms with Crippen molar-refractivity contribution in [1.82, 2.24) is 5.32 Å². The Morgan fingerprint density at radius 2 is 1.66 bits per heavy atom. The molecule has 0 aliphatic carbocycles. The van der Waals surface area contributed by atoms with E-state index in [1.807, 2.05) is 19.9 Å². The van der Waals surface area contributed by atoms with E-state index in [0.717, 1.165) is 33.7 Å². The van der Waals surface area contributed by atoms with Gasteiger partial charge in [-0.3, -0.25) is 13.9 Å². The van der Waals surface area contributed by atoms with E-state index in [1.54, 1.807) is 66.7 Å². The molecule has 0 aliphatic heterocycles. The van der Waals surface area contributed by atoms with E-state index in [9.17, 15) is 18.0 Å². The first-order chi connectivity index (χ1) is 15.3. The average Bonchev–Trinajstić information content (AvgIpc) is 2.81. The van der Waals surface area contributed by atoms with Crippen molar-refractivity contribution in [1.29, 1.82) is 0 Å². The third kappa shape index (κ3) is 5.62. The number of carbonyl (C=O) groups excluding carboxylic acids is 2. The van der Waals surface area contributed by atoms with E-state index in [0.29, 0.717) is 11.3 Å². The molecule has 0 atom stereocenters. The number of anilines is 1. The van der Waals surface area contributed by atoms with Crippen LogP contribution < -0.4 is 9.62 Å². The standard InChI is InChI=1S/C25H26N2O4S/c1-3-20-6-5-9-23(15-20)27(32(30,31)24-12-10-19(2)11-13-24)17-25(29)26-16-21-7-4-8-22(14-21)18-28/h4-15,18H,3,16-17H2,1-2H3,(H,26,29). The molecular weight excluding hydrogens is 424 g/mol. The predicted octanol–water partition coefficient (Wildman–Crippen LogP) is 3.88. The Kier molecular flexibility index (Phi) is 7.43. The number of aldehydes is 1. The highest BCUT2D eigenvalue weighted by atomic mass is 32.2. The molecule has 3 aromatic carbocycles. The van der Waals surface area contributed by atoms with Gasteiger partial charge in [0, 0.05) is 12.1 Å². The van der Waals surface area contributed by atoms with Crippen molar-refractivity contribution in [3.63, 3.8) is 0 Å². The molecule has 6 nitrogen and oxygen atoms in total. The lowest BCUT2D eigenvalue weighted by Crippen LogP contribution is -2.40. The molecule has 0 bridgehead atoms. The summed E-state index contributed by atoms with van der Waals surface area (Å²) in [6, 6.07) is 20.6. The van der Waals surface area contributed by atoms with Crippen molar-refractivity contribution in [2.75, 3.05) is 10.8 Å². The molecule has 1 N–H and O–H groups in total. The fraction of sp³-hybridized carbons (Fsp3) is 0.200. The monoisotopic (exact) mass is 450 g/mol. The SMILES string of the molecule is CCc1cccc(N(CC(=O)NCc2cccc(C=O)c2)S(=O)(=O)c2ccc(C)cc2)c1. The predicted molar refractivity (Wildman–Crippen MR) is 125 cm³/mol. The van der Waals surface area contributed by atoms with E-state index in [2.05, 4.69) is 5.32 Å². The maximum atomic E-state index is 13.4. The summed E-state index contributed by atoms with van der Waals surface area (Å²) >= 11 is 0. The topological polar surface area (TPSA) is 83.6 Å². The Bertz CT molecular complexity index is 1200. The fourth-order valence-electron chi connectivity index (χ4n) is 3.25. The number of hydrogen-bond acceptors (Lipinski definition) is 4. The largest absolute Gasteiger partial charge is 0.350 e. The van der Waals surface area contributed by atoms with Gasteiger partial charge in [0.1, 0.15) is 12.8 Å². The van der Waals surface area contributed by atoms with Crippen LogP contribution in [0, 0.1) is 6.92 Å². The van der Waals surface area contributed by atoms with Crippen LogP contribution in [-0.2, 0) is 27.8 Å². The third-order valence-electron chi connectivity index (χ3n) is 5.08. The van der Waals surface area contributed by atoms with E-state index in [4.69, 9.17) is 0 Å². The van der Waals surface area contributed by atoms with E-state index >= 15 is 0 Å². The highest BCUT2D eigenvalue weighted by Gasteiger charge is 2.27. The number of hydrogen-bond donors (Lipinski definition) is 1. The van der Waals surface area contributed by atoms with Crippen LogP contribution in [0.2, 0.25) is 0 Å². The minimum atomic E-state index is -3.96. The lowest BCUT2D eigenvalue weighted by Gasteiger charge is -2.24. The van der Waals surface area contributed by atoms with Gasteiger partial charge in [-0.15, -0.1) is 0 Å². The molecule has 1 amide bonds. The quantitative estimate of drug-likeness (QED) is 0.502. The Labute approximate surface area is 188 Å². The first-order valence-corrected chi connectivity index (χ1v) is 11.8. The van der Waals surface area contributed by atoms with Crippen molar-refractivity contribution in [2.45, 2.75) is 31.7 Å². The van der Waals surface area contributed by atoms with Gasteiger partial charge in [-0.25, -0.2) is 8.42 Å². The third-order valence-corrected chi connectivity index (χ3v) is 6.87. The lowest BCUT2D eigenvalue weighted by atomic mass is 10.1. The smallest absolute Gasteiger partial charge is 0.264 e. The Hall–Kier alpha value is -3.45. The van der Waals surface area contributed by atoms with Gasteiger partial charge in [-0.2, -0.15) is 0 Å². The summed E-state index contributed by atoms with van der Waals surface area (Å²) in [5.74, 6) is -0.445. The number of amides is 1. The van der Waals surface area contributed by atoms with Crippen LogP contribution in [-0.4, -0.2) is 27.2 Å². The van der Waals surface area contributed by atoms with Gasteiger partial charge in [0.05, 0.1) is 10.6 Å². The van der Waals surface area contributed by atoms with Crippen molar-refractivity contribution in [3.05, 3.63) is 95.1 Å². The highest BCUT2D eigenvalue weighted by Crippen LogP contribution is 2.25. The van der Waals surface area contributed by atoms with Crippen molar-refractivity contribution >= 4 is 27.9 Å². The van der Waals surface area contributed by atoms with Crippen LogP contribution in [0.3, 0.4) is 0 Å². The van der Waals surface area contributed by atoms with Crippen LogP contribution in [0.4, 0.5) is 5.69 Å². The second-order valence-corrected chi connectivity index (χ2v) is 9.35. The number of benzene rings is 3. The van der Waals surface area contributed by atoms with E-state index in [-0.39, 0.29) is 18.0 Å². The molecule has 0 fully saturated rings. The van der Waals surface area contributed by atoms with E-state index in [1.165, 1.54) is 0 Å². The zero-order valence-corrected chi connectivity index (χ0v) is 18.9. The molecule has 32 heavy (non-hydrogen) atoms. The van der Waals surface area contributed by atoms with Gasteiger partial charge in [0.25, 0.3) is 10.0 Å². The second-order valence-electron chi connectivity index (χ2n) is 7.49. The summed E-state index contributed by atoms with van der Waals surface area (Å²) in [6.07, 6.45) is 1.48. The van der Waals surface area contributed by atoms with Gasteiger partial charge in [0.2, 0.25) is 5.91 Å². The number of sulfonamides is 1. The van der Waals surface area contributed by atoms with Crippen LogP contribution in [0.1, 0.15) is 34.0 Å². The minimum Gasteiger partial charge on any atom is -0.350 e. The van der Waals surface area contributed by atoms with Gasteiger partial charge in [-0.05, 0) is 54.8 Å². The van der Waals surface area contributed by atoms with Crippen molar-refractivity contribution in [3.8, 4) is 0 Å². The number of nitrogens with zero attached hydrogens (tertiary/aromatic N) is 1. The average molecular weight is 451 g/mol. The van der Waals surface area contributed by atoms with Gasteiger partial charge in [-0.1, -0.05) is 55.0 Å². The van der Waals surface area contributed by atoms with E-state index < -0.39 is 15.9 Å². The molecule has 0 radical (unpaired) electrons.